The van der Waals surface area contributed by atoms with Crippen molar-refractivity contribution in [2.45, 2.75) is 51.6 Å². The predicted octanol–water partition coefficient (Wildman–Crippen LogP) is 5.50. The normalized spacial score (nSPS) is 14.4. The van der Waals surface area contributed by atoms with Gasteiger partial charge in [0, 0.05) is 17.3 Å². The quantitative estimate of drug-likeness (QED) is 0.405. The second-order valence-electron chi connectivity index (χ2n) is 9.07. The molecule has 3 aromatic carbocycles. The Labute approximate surface area is 207 Å². The molecule has 6 heteroatoms. The number of para-hydroxylation sites is 2. The fourth-order valence-electron chi connectivity index (χ4n) is 4.47. The molecule has 2 atom stereocenters. The standard InChI is InChI=1S/C29H33N3O3/c1-19(23-13-12-21-8-4-5-9-24(21)18-23)30-20(2)28(33)31-25-16-14-22(15-17-25)29(34)32-26-10-6-7-11-27(26)35-3/h6-7,10-20,30H,4-5,8-9H2,1-3H3,(H,31,33)(H,32,34)/t19-,20+/m1/s1. The largest absolute Gasteiger partial charge is 0.495 e. The Bertz CT molecular complexity index is 1190. The van der Waals surface area contributed by atoms with E-state index < -0.39 is 0 Å². The van der Waals surface area contributed by atoms with Crippen LogP contribution < -0.4 is 20.7 Å². The molecule has 0 saturated carbocycles. The van der Waals surface area contributed by atoms with Crippen LogP contribution in [0.4, 0.5) is 11.4 Å². The molecule has 182 valence electrons. The van der Waals surface area contributed by atoms with Gasteiger partial charge in [0.2, 0.25) is 5.91 Å². The molecule has 0 radical (unpaired) electrons. The molecule has 0 heterocycles. The average Bonchev–Trinajstić information content (AvgIpc) is 2.89. The molecule has 35 heavy (non-hydrogen) atoms. The molecule has 6 nitrogen and oxygen atoms in total. The van der Waals surface area contributed by atoms with Gasteiger partial charge in [0.05, 0.1) is 18.8 Å². The molecule has 3 aromatic rings. The Balaban J connectivity index is 1.32. The highest BCUT2D eigenvalue weighted by molar-refractivity contribution is 6.05. The highest BCUT2D eigenvalue weighted by Crippen LogP contribution is 2.26. The van der Waals surface area contributed by atoms with Gasteiger partial charge in [-0.15, -0.1) is 0 Å². The summed E-state index contributed by atoms with van der Waals surface area (Å²) in [5, 5.41) is 9.18. The zero-order valence-electron chi connectivity index (χ0n) is 20.6. The first-order chi connectivity index (χ1) is 16.9. The maximum absolute atomic E-state index is 12.8. The average molecular weight is 472 g/mol. The van der Waals surface area contributed by atoms with Crippen LogP contribution in [0.1, 0.15) is 59.8 Å². The van der Waals surface area contributed by atoms with E-state index in [1.54, 1.807) is 43.5 Å². The molecule has 0 aromatic heterocycles. The van der Waals surface area contributed by atoms with Crippen molar-refractivity contribution >= 4 is 23.2 Å². The van der Waals surface area contributed by atoms with Gasteiger partial charge in [-0.3, -0.25) is 14.9 Å². The minimum absolute atomic E-state index is 0.0593. The van der Waals surface area contributed by atoms with E-state index in [1.807, 2.05) is 19.1 Å². The molecule has 0 aliphatic heterocycles. The molecule has 0 spiro atoms. The molecule has 3 N–H and O–H groups in total. The van der Waals surface area contributed by atoms with Gasteiger partial charge in [-0.1, -0.05) is 30.3 Å². The molecular formula is C29H33N3O3. The van der Waals surface area contributed by atoms with Gasteiger partial charge in [0.25, 0.3) is 5.91 Å². The molecule has 0 unspecified atom stereocenters. The lowest BCUT2D eigenvalue weighted by Crippen LogP contribution is -2.39. The molecule has 0 bridgehead atoms. The van der Waals surface area contributed by atoms with Crippen LogP contribution in [-0.4, -0.2) is 25.0 Å². The monoisotopic (exact) mass is 471 g/mol. The van der Waals surface area contributed by atoms with Crippen molar-refractivity contribution < 1.29 is 14.3 Å². The van der Waals surface area contributed by atoms with Crippen LogP contribution in [0.5, 0.6) is 5.75 Å². The summed E-state index contributed by atoms with van der Waals surface area (Å²) in [6.45, 7) is 3.95. The van der Waals surface area contributed by atoms with E-state index in [-0.39, 0.29) is 23.9 Å². The minimum atomic E-state index is -0.380. The highest BCUT2D eigenvalue weighted by Gasteiger charge is 2.18. The number of nitrogens with one attached hydrogen (secondary N) is 3. The molecule has 1 aliphatic carbocycles. The number of carbonyl (C=O) groups excluding carboxylic acids is 2. The van der Waals surface area contributed by atoms with Crippen LogP contribution in [0, 0.1) is 0 Å². The van der Waals surface area contributed by atoms with E-state index in [2.05, 4.69) is 41.1 Å². The second kappa shape index (κ2) is 11.2. The topological polar surface area (TPSA) is 79.5 Å². The third-order valence-corrected chi connectivity index (χ3v) is 6.54. The second-order valence-corrected chi connectivity index (χ2v) is 9.07. The number of hydrogen-bond acceptors (Lipinski definition) is 4. The number of benzene rings is 3. The third-order valence-electron chi connectivity index (χ3n) is 6.54. The Morgan fingerprint density at radius 3 is 2.31 bits per heavy atom. The molecule has 4 rings (SSSR count). The summed E-state index contributed by atoms with van der Waals surface area (Å²) >= 11 is 0. The molecule has 1 aliphatic rings. The maximum atomic E-state index is 12.8. The van der Waals surface area contributed by atoms with E-state index >= 15 is 0 Å². The Morgan fingerprint density at radius 2 is 1.57 bits per heavy atom. The summed E-state index contributed by atoms with van der Waals surface area (Å²) < 4.78 is 5.28. The summed E-state index contributed by atoms with van der Waals surface area (Å²) in [6, 6.07) is 20.4. The van der Waals surface area contributed by atoms with Crippen molar-refractivity contribution in [3.63, 3.8) is 0 Å². The maximum Gasteiger partial charge on any atom is 0.255 e. The number of methoxy groups -OCH3 is 1. The van der Waals surface area contributed by atoms with E-state index in [0.29, 0.717) is 22.7 Å². The Kier molecular flexibility index (Phi) is 7.83. The zero-order valence-corrected chi connectivity index (χ0v) is 20.6. The molecular weight excluding hydrogens is 438 g/mol. The van der Waals surface area contributed by atoms with Crippen molar-refractivity contribution in [3.05, 3.63) is 89.0 Å². The lowest BCUT2D eigenvalue weighted by Gasteiger charge is -2.22. The van der Waals surface area contributed by atoms with Crippen LogP contribution in [0.2, 0.25) is 0 Å². The van der Waals surface area contributed by atoms with E-state index in [1.165, 1.54) is 29.5 Å². The summed E-state index contributed by atoms with van der Waals surface area (Å²) in [5.74, 6) is 0.221. The van der Waals surface area contributed by atoms with Gasteiger partial charge >= 0.3 is 0 Å². The lowest BCUT2D eigenvalue weighted by atomic mass is 9.89. The Morgan fingerprint density at radius 1 is 0.857 bits per heavy atom. The van der Waals surface area contributed by atoms with Crippen LogP contribution in [-0.2, 0) is 17.6 Å². The van der Waals surface area contributed by atoms with Gasteiger partial charge in [0.15, 0.2) is 0 Å². The van der Waals surface area contributed by atoms with E-state index in [4.69, 9.17) is 4.74 Å². The van der Waals surface area contributed by atoms with Crippen LogP contribution >= 0.6 is 0 Å². The highest BCUT2D eigenvalue weighted by atomic mass is 16.5. The fourth-order valence-corrected chi connectivity index (χ4v) is 4.47. The van der Waals surface area contributed by atoms with Gasteiger partial charge in [0.1, 0.15) is 5.75 Å². The van der Waals surface area contributed by atoms with Gasteiger partial charge in [-0.25, -0.2) is 0 Å². The van der Waals surface area contributed by atoms with Crippen molar-refractivity contribution in [2.24, 2.45) is 0 Å². The first-order valence-electron chi connectivity index (χ1n) is 12.2. The zero-order chi connectivity index (χ0) is 24.8. The van der Waals surface area contributed by atoms with Gasteiger partial charge < -0.3 is 15.4 Å². The number of rotatable bonds is 8. The summed E-state index contributed by atoms with van der Waals surface area (Å²) in [7, 11) is 1.56. The first-order valence-corrected chi connectivity index (χ1v) is 12.2. The lowest BCUT2D eigenvalue weighted by molar-refractivity contribution is -0.117. The third kappa shape index (κ3) is 6.08. The number of hydrogen-bond donors (Lipinski definition) is 3. The number of aryl methyl sites for hydroxylation is 2. The molecule has 2 amide bonds. The summed E-state index contributed by atoms with van der Waals surface area (Å²) in [5.41, 5.74) is 5.83. The van der Waals surface area contributed by atoms with Crippen LogP contribution in [0.15, 0.2) is 66.7 Å². The first kappa shape index (κ1) is 24.5. The summed E-state index contributed by atoms with van der Waals surface area (Å²) in [6.07, 6.45) is 4.82. The smallest absolute Gasteiger partial charge is 0.255 e. The number of ether oxygens (including phenoxy) is 1. The minimum Gasteiger partial charge on any atom is -0.495 e. The van der Waals surface area contributed by atoms with E-state index in [0.717, 1.165) is 12.8 Å². The SMILES string of the molecule is COc1ccccc1NC(=O)c1ccc(NC(=O)[C@H](C)N[C@H](C)c2ccc3c(c2)CCCC3)cc1. The van der Waals surface area contributed by atoms with Gasteiger partial charge in [-0.05, 0) is 92.6 Å². The van der Waals surface area contributed by atoms with Crippen molar-refractivity contribution in [2.75, 3.05) is 17.7 Å². The summed E-state index contributed by atoms with van der Waals surface area (Å²) in [4.78, 5) is 25.4. The van der Waals surface area contributed by atoms with Crippen molar-refractivity contribution in [1.82, 2.24) is 5.32 Å². The number of fused-ring (bicyclic) bond motifs is 1. The number of carbonyl (C=O) groups is 2. The van der Waals surface area contributed by atoms with Crippen molar-refractivity contribution in [3.8, 4) is 5.75 Å². The fraction of sp³-hybridized carbons (Fsp3) is 0.310. The predicted molar refractivity (Wildman–Crippen MR) is 140 cm³/mol. The number of anilines is 2. The Hall–Kier alpha value is -3.64. The van der Waals surface area contributed by atoms with Crippen molar-refractivity contribution in [1.29, 1.82) is 0 Å². The molecule has 0 saturated heterocycles. The molecule has 0 fully saturated rings. The van der Waals surface area contributed by atoms with E-state index in [9.17, 15) is 9.59 Å². The number of amides is 2. The van der Waals surface area contributed by atoms with Crippen LogP contribution in [0.25, 0.3) is 0 Å². The van der Waals surface area contributed by atoms with Gasteiger partial charge in [-0.2, -0.15) is 0 Å². The van der Waals surface area contributed by atoms with Crippen LogP contribution in [0.3, 0.4) is 0 Å².